The number of aliphatic hydroxyl groups excluding tert-OH is 1. The monoisotopic (exact) mass is 513 g/mol. The largest absolute Gasteiger partial charge is 0.485 e. The average molecular weight is 514 g/mol. The van der Waals surface area contributed by atoms with Crippen molar-refractivity contribution in [3.05, 3.63) is 59.3 Å². The fourth-order valence-electron chi connectivity index (χ4n) is 4.90. The van der Waals surface area contributed by atoms with Crippen molar-refractivity contribution in [2.45, 2.75) is 31.0 Å². The molecular weight excluding hydrogens is 485 g/mol. The van der Waals surface area contributed by atoms with Crippen LogP contribution in [0.5, 0.6) is 5.75 Å². The maximum absolute atomic E-state index is 14.7. The van der Waals surface area contributed by atoms with Crippen molar-refractivity contribution in [3.8, 4) is 29.1 Å². The standard InChI is InChI=1S/C28H28FN7O2/c1-28(16-37)15-33-26-19(13-31)10-18(11-20(26)28)22-5-7-32-27(34-22)35-23-9-17(12-30)3-4-25(23)38-24-6-8-36(2)14-21(24)29/h3-5,7,9-11,21,24,33,37H,6,8,14-16H2,1-2H3,(H,32,34,35)/t21?,24?,28-/m1/s1. The van der Waals surface area contributed by atoms with Gasteiger partial charge in [-0.3, -0.25) is 0 Å². The third-order valence-electron chi connectivity index (χ3n) is 7.18. The van der Waals surface area contributed by atoms with E-state index in [1.54, 1.807) is 36.5 Å². The average Bonchev–Trinajstić information content (AvgIpc) is 3.27. The van der Waals surface area contributed by atoms with E-state index in [1.165, 1.54) is 0 Å². The Kier molecular flexibility index (Phi) is 6.85. The highest BCUT2D eigenvalue weighted by Gasteiger charge is 2.36. The van der Waals surface area contributed by atoms with Gasteiger partial charge in [0.25, 0.3) is 0 Å². The van der Waals surface area contributed by atoms with Gasteiger partial charge in [0.05, 0.1) is 40.9 Å². The number of nitriles is 2. The van der Waals surface area contributed by atoms with E-state index in [1.807, 2.05) is 24.9 Å². The van der Waals surface area contributed by atoms with Crippen LogP contribution in [0.15, 0.2) is 42.6 Å². The van der Waals surface area contributed by atoms with Gasteiger partial charge >= 0.3 is 0 Å². The summed E-state index contributed by atoms with van der Waals surface area (Å²) >= 11 is 0. The Morgan fingerprint density at radius 2 is 2.11 bits per heavy atom. The molecule has 0 radical (unpaired) electrons. The van der Waals surface area contributed by atoms with E-state index in [9.17, 15) is 20.0 Å². The molecule has 38 heavy (non-hydrogen) atoms. The van der Waals surface area contributed by atoms with Crippen LogP contribution >= 0.6 is 0 Å². The molecule has 0 spiro atoms. The highest BCUT2D eigenvalue weighted by molar-refractivity contribution is 5.76. The highest BCUT2D eigenvalue weighted by Crippen LogP contribution is 2.41. The lowest BCUT2D eigenvalue weighted by atomic mass is 9.83. The zero-order valence-electron chi connectivity index (χ0n) is 21.2. The number of hydrogen-bond acceptors (Lipinski definition) is 9. The van der Waals surface area contributed by atoms with Gasteiger partial charge in [0.2, 0.25) is 5.95 Å². The molecule has 3 atom stereocenters. The topological polar surface area (TPSA) is 130 Å². The minimum absolute atomic E-state index is 0.0626. The highest BCUT2D eigenvalue weighted by atomic mass is 19.1. The molecule has 2 aliphatic rings. The van der Waals surface area contributed by atoms with Crippen LogP contribution < -0.4 is 15.4 Å². The van der Waals surface area contributed by atoms with Gasteiger partial charge in [-0.2, -0.15) is 10.5 Å². The summed E-state index contributed by atoms with van der Waals surface area (Å²) in [6.07, 6.45) is 0.406. The van der Waals surface area contributed by atoms with Gasteiger partial charge in [-0.05, 0) is 55.4 Å². The first kappa shape index (κ1) is 25.4. The molecule has 3 heterocycles. The van der Waals surface area contributed by atoms with Crippen molar-refractivity contribution in [3.63, 3.8) is 0 Å². The number of nitrogens with one attached hydrogen (secondary N) is 2. The number of rotatable bonds is 6. The number of halogens is 1. The number of fused-ring (bicyclic) bond motifs is 1. The lowest BCUT2D eigenvalue weighted by Gasteiger charge is -2.32. The first-order valence-electron chi connectivity index (χ1n) is 12.4. The molecule has 10 heteroatoms. The van der Waals surface area contributed by atoms with E-state index >= 15 is 0 Å². The molecule has 1 saturated heterocycles. The first-order chi connectivity index (χ1) is 18.3. The molecule has 194 valence electrons. The minimum atomic E-state index is -1.13. The molecule has 0 bridgehead atoms. The summed E-state index contributed by atoms with van der Waals surface area (Å²) in [5.74, 6) is 0.661. The Balaban J connectivity index is 1.46. The molecule has 1 aromatic heterocycles. The molecule has 0 amide bonds. The maximum atomic E-state index is 14.7. The molecule has 0 saturated carbocycles. The number of piperidine rings is 1. The Hall–Kier alpha value is -4.25. The summed E-state index contributed by atoms with van der Waals surface area (Å²) in [6, 6.07) is 14.7. The zero-order chi connectivity index (χ0) is 26.9. The van der Waals surface area contributed by atoms with Gasteiger partial charge in [0.1, 0.15) is 24.1 Å². The van der Waals surface area contributed by atoms with Crippen LogP contribution in [-0.4, -0.2) is 65.5 Å². The van der Waals surface area contributed by atoms with Crippen LogP contribution in [0.2, 0.25) is 0 Å². The predicted octanol–water partition coefficient (Wildman–Crippen LogP) is 3.73. The smallest absolute Gasteiger partial charge is 0.227 e. The second-order valence-corrected chi connectivity index (χ2v) is 10.1. The summed E-state index contributed by atoms with van der Waals surface area (Å²) < 4.78 is 20.7. The van der Waals surface area contributed by atoms with E-state index in [2.05, 4.69) is 32.7 Å². The van der Waals surface area contributed by atoms with E-state index < -0.39 is 17.7 Å². The van der Waals surface area contributed by atoms with Crippen molar-refractivity contribution in [1.29, 1.82) is 10.5 Å². The van der Waals surface area contributed by atoms with Crippen LogP contribution in [0.3, 0.4) is 0 Å². The SMILES string of the molecule is CN1CCC(Oc2ccc(C#N)cc2Nc2nccc(-c3cc(C#N)c4c(c3)[C@@](C)(CO)CN4)n2)C(F)C1. The lowest BCUT2D eigenvalue weighted by Crippen LogP contribution is -2.45. The van der Waals surface area contributed by atoms with E-state index in [-0.39, 0.29) is 12.6 Å². The number of anilines is 3. The second-order valence-electron chi connectivity index (χ2n) is 10.1. The number of alkyl halides is 1. The van der Waals surface area contributed by atoms with Crippen LogP contribution in [0.25, 0.3) is 11.3 Å². The first-order valence-corrected chi connectivity index (χ1v) is 12.4. The quantitative estimate of drug-likeness (QED) is 0.451. The molecule has 0 aliphatic carbocycles. The molecule has 2 unspecified atom stereocenters. The number of aliphatic hydroxyl groups is 1. The molecular formula is C28H28FN7O2. The van der Waals surface area contributed by atoms with Crippen LogP contribution in [0.4, 0.5) is 21.7 Å². The van der Waals surface area contributed by atoms with Gasteiger partial charge in [0.15, 0.2) is 0 Å². The Bertz CT molecular complexity index is 1450. The van der Waals surface area contributed by atoms with Crippen molar-refractivity contribution in [2.24, 2.45) is 0 Å². The molecule has 3 aromatic rings. The van der Waals surface area contributed by atoms with Crippen LogP contribution in [0, 0.1) is 22.7 Å². The minimum Gasteiger partial charge on any atom is -0.485 e. The Labute approximate surface area is 220 Å². The number of aromatic nitrogens is 2. The van der Waals surface area contributed by atoms with Crippen LogP contribution in [-0.2, 0) is 5.41 Å². The fourth-order valence-corrected chi connectivity index (χ4v) is 4.90. The summed E-state index contributed by atoms with van der Waals surface area (Å²) in [6.45, 7) is 3.44. The number of benzene rings is 2. The van der Waals surface area contributed by atoms with Crippen molar-refractivity contribution in [1.82, 2.24) is 14.9 Å². The summed E-state index contributed by atoms with van der Waals surface area (Å²) in [4.78, 5) is 10.9. The van der Waals surface area contributed by atoms with Crippen molar-refractivity contribution < 1.29 is 14.2 Å². The molecule has 5 rings (SSSR count). The number of likely N-dealkylation sites (tertiary alicyclic amines) is 1. The molecule has 1 fully saturated rings. The Morgan fingerprint density at radius 1 is 1.26 bits per heavy atom. The van der Waals surface area contributed by atoms with Gasteiger partial charge in [0, 0.05) is 36.8 Å². The van der Waals surface area contributed by atoms with E-state index in [4.69, 9.17) is 4.74 Å². The van der Waals surface area contributed by atoms with E-state index in [0.717, 1.165) is 17.8 Å². The van der Waals surface area contributed by atoms with Gasteiger partial charge in [-0.15, -0.1) is 0 Å². The summed E-state index contributed by atoms with van der Waals surface area (Å²) in [7, 11) is 1.88. The maximum Gasteiger partial charge on any atom is 0.227 e. The van der Waals surface area contributed by atoms with Crippen LogP contribution in [0.1, 0.15) is 30.0 Å². The number of nitrogens with zero attached hydrogens (tertiary/aromatic N) is 5. The zero-order valence-corrected chi connectivity index (χ0v) is 21.2. The normalized spacial score (nSPS) is 22.6. The lowest BCUT2D eigenvalue weighted by molar-refractivity contribution is 0.0318. The summed E-state index contributed by atoms with van der Waals surface area (Å²) in [5, 5.41) is 35.5. The number of ether oxygens (including phenoxy) is 1. The van der Waals surface area contributed by atoms with E-state index in [0.29, 0.717) is 53.3 Å². The van der Waals surface area contributed by atoms with Gasteiger partial charge < -0.3 is 25.4 Å². The molecule has 2 aromatic carbocycles. The second kappa shape index (κ2) is 10.3. The predicted molar refractivity (Wildman–Crippen MR) is 141 cm³/mol. The fraction of sp³-hybridized carbons (Fsp3) is 0.357. The van der Waals surface area contributed by atoms with Gasteiger partial charge in [-0.1, -0.05) is 6.92 Å². The molecule has 3 N–H and O–H groups in total. The van der Waals surface area contributed by atoms with Crippen molar-refractivity contribution in [2.75, 3.05) is 43.9 Å². The van der Waals surface area contributed by atoms with Crippen molar-refractivity contribution >= 4 is 17.3 Å². The summed E-state index contributed by atoms with van der Waals surface area (Å²) in [5.41, 5.74) is 3.69. The molecule has 9 nitrogen and oxygen atoms in total. The van der Waals surface area contributed by atoms with Gasteiger partial charge in [-0.25, -0.2) is 14.4 Å². The Morgan fingerprint density at radius 3 is 2.84 bits per heavy atom. The third-order valence-corrected chi connectivity index (χ3v) is 7.18. The third kappa shape index (κ3) is 4.84. The molecule has 2 aliphatic heterocycles. The number of hydrogen-bond donors (Lipinski definition) is 3.